The van der Waals surface area contributed by atoms with Crippen molar-refractivity contribution in [3.05, 3.63) is 0 Å². The van der Waals surface area contributed by atoms with Gasteiger partial charge in [-0.3, -0.25) is 4.79 Å². The maximum Gasteiger partial charge on any atom is 0.163 e. The van der Waals surface area contributed by atoms with Crippen molar-refractivity contribution in [3.63, 3.8) is 0 Å². The molecule has 1 aliphatic heterocycles. The number of carbonyl (C=O) groups excluding carboxylic acids is 1. The van der Waals surface area contributed by atoms with Crippen molar-refractivity contribution in [2.75, 3.05) is 6.61 Å². The van der Waals surface area contributed by atoms with Crippen molar-refractivity contribution >= 4 is 5.78 Å². The molecule has 6 unspecified atom stereocenters. The Morgan fingerprint density at radius 1 is 0.917 bits per heavy atom. The van der Waals surface area contributed by atoms with Gasteiger partial charge in [0.1, 0.15) is 5.78 Å². The fourth-order valence-electron chi connectivity index (χ4n) is 7.22. The highest BCUT2D eigenvalue weighted by Crippen LogP contribution is 2.70. The van der Waals surface area contributed by atoms with Crippen LogP contribution in [0.3, 0.4) is 0 Å². The molecule has 6 atom stereocenters. The van der Waals surface area contributed by atoms with E-state index in [-0.39, 0.29) is 22.3 Å². The van der Waals surface area contributed by atoms with Gasteiger partial charge in [0.15, 0.2) is 5.79 Å². The molecule has 0 aromatic heterocycles. The van der Waals surface area contributed by atoms with Gasteiger partial charge in [0.05, 0.1) is 12.7 Å². The summed E-state index contributed by atoms with van der Waals surface area (Å²) in [5.41, 5.74) is 0.606. The maximum absolute atomic E-state index is 12.5. The van der Waals surface area contributed by atoms with Crippen LogP contribution in [0.5, 0.6) is 0 Å². The van der Waals surface area contributed by atoms with Gasteiger partial charge in [-0.05, 0) is 74.5 Å². The largest absolute Gasteiger partial charge is 0.350 e. The van der Waals surface area contributed by atoms with E-state index < -0.39 is 5.79 Å². The molecule has 0 N–H and O–H groups in total. The minimum atomic E-state index is -0.472. The molecule has 136 valence electrons. The van der Waals surface area contributed by atoms with Gasteiger partial charge >= 0.3 is 0 Å². The molecule has 3 heteroatoms. The first kappa shape index (κ1) is 17.0. The lowest BCUT2D eigenvalue weighted by Crippen LogP contribution is -2.61. The lowest BCUT2D eigenvalue weighted by atomic mass is 9.40. The molecule has 4 aliphatic rings. The zero-order valence-corrected chi connectivity index (χ0v) is 16.1. The van der Waals surface area contributed by atoms with Gasteiger partial charge in [-0.15, -0.1) is 0 Å². The number of ketones is 1. The Labute approximate surface area is 146 Å². The molecule has 24 heavy (non-hydrogen) atoms. The highest BCUT2D eigenvalue weighted by molar-refractivity contribution is 5.84. The van der Waals surface area contributed by atoms with Crippen LogP contribution < -0.4 is 0 Å². The van der Waals surface area contributed by atoms with Crippen molar-refractivity contribution in [3.8, 4) is 0 Å². The third-order valence-corrected chi connectivity index (χ3v) is 8.84. The Morgan fingerprint density at radius 2 is 1.67 bits per heavy atom. The van der Waals surface area contributed by atoms with Gasteiger partial charge in [0, 0.05) is 12.3 Å². The van der Waals surface area contributed by atoms with Crippen LogP contribution in [0.15, 0.2) is 0 Å². The minimum absolute atomic E-state index is 0.167. The summed E-state index contributed by atoms with van der Waals surface area (Å²) in [5.74, 6) is 0.998. The predicted molar refractivity (Wildman–Crippen MR) is 93.5 cm³/mol. The summed E-state index contributed by atoms with van der Waals surface area (Å²) in [6, 6.07) is 0. The second-order valence-corrected chi connectivity index (χ2v) is 10.1. The topological polar surface area (TPSA) is 35.5 Å². The molecular weight excluding hydrogens is 300 g/mol. The number of rotatable bonds is 0. The second kappa shape index (κ2) is 5.07. The molecule has 3 aliphatic carbocycles. The van der Waals surface area contributed by atoms with Crippen LogP contribution in [0.4, 0.5) is 0 Å². The third-order valence-electron chi connectivity index (χ3n) is 8.84. The summed E-state index contributed by atoms with van der Waals surface area (Å²) < 4.78 is 12.5. The quantitative estimate of drug-likeness (QED) is 0.642. The Morgan fingerprint density at radius 3 is 2.42 bits per heavy atom. The zero-order valence-electron chi connectivity index (χ0n) is 16.1. The standard InChI is InChI=1S/C21H34O3/c1-18(2)23-13-12-19(3)16-7-6-14-15(22)8-10-20(14,4)21(16,5)11-9-17(19)24-18/h14,16-17H,6-13H2,1-5H3. The molecule has 3 nitrogen and oxygen atoms in total. The van der Waals surface area contributed by atoms with E-state index in [0.717, 1.165) is 38.7 Å². The van der Waals surface area contributed by atoms with E-state index in [1.807, 2.05) is 0 Å². The van der Waals surface area contributed by atoms with Crippen LogP contribution in [0.25, 0.3) is 0 Å². The fraction of sp³-hybridized carbons (Fsp3) is 0.952. The Kier molecular flexibility index (Phi) is 3.59. The first-order chi connectivity index (χ1) is 11.1. The summed E-state index contributed by atoms with van der Waals surface area (Å²) >= 11 is 0. The van der Waals surface area contributed by atoms with E-state index >= 15 is 0 Å². The van der Waals surface area contributed by atoms with Crippen LogP contribution in [-0.4, -0.2) is 24.3 Å². The number of hydrogen-bond acceptors (Lipinski definition) is 3. The van der Waals surface area contributed by atoms with E-state index in [2.05, 4.69) is 34.6 Å². The van der Waals surface area contributed by atoms with Crippen molar-refractivity contribution in [1.29, 1.82) is 0 Å². The minimum Gasteiger partial charge on any atom is -0.350 e. The van der Waals surface area contributed by atoms with Gasteiger partial charge in [0.2, 0.25) is 0 Å². The highest BCUT2D eigenvalue weighted by atomic mass is 16.7. The predicted octanol–water partition coefficient (Wildman–Crippen LogP) is 4.73. The fourth-order valence-corrected chi connectivity index (χ4v) is 7.22. The summed E-state index contributed by atoms with van der Waals surface area (Å²) in [7, 11) is 0. The number of ether oxygens (including phenoxy) is 2. The maximum atomic E-state index is 12.5. The highest BCUT2D eigenvalue weighted by Gasteiger charge is 2.66. The Balaban J connectivity index is 1.73. The number of carbonyl (C=O) groups is 1. The molecular formula is C21H34O3. The van der Waals surface area contributed by atoms with E-state index in [0.29, 0.717) is 17.6 Å². The SMILES string of the molecule is CC1(C)OCCC2(C)C(CCC3(C)C2CCC2C(=O)CCC23C)O1. The molecule has 0 aromatic carbocycles. The molecule has 0 aromatic rings. The van der Waals surface area contributed by atoms with Crippen molar-refractivity contribution in [1.82, 2.24) is 0 Å². The molecule has 1 heterocycles. The van der Waals surface area contributed by atoms with Crippen LogP contribution >= 0.6 is 0 Å². The van der Waals surface area contributed by atoms with Crippen molar-refractivity contribution < 1.29 is 14.3 Å². The number of Topliss-reactive ketones (excluding diaryl/α,β-unsaturated/α-hetero) is 1. The summed E-state index contributed by atoms with van der Waals surface area (Å²) in [4.78, 5) is 12.5. The monoisotopic (exact) mass is 334 g/mol. The third kappa shape index (κ3) is 2.06. The van der Waals surface area contributed by atoms with E-state index in [9.17, 15) is 4.79 Å². The average Bonchev–Trinajstić information content (AvgIpc) is 2.73. The van der Waals surface area contributed by atoms with Crippen molar-refractivity contribution in [2.45, 2.75) is 91.5 Å². The Bertz CT molecular complexity index is 555. The summed E-state index contributed by atoms with van der Waals surface area (Å²) in [5, 5.41) is 0. The average molecular weight is 335 g/mol. The second-order valence-electron chi connectivity index (χ2n) is 10.1. The normalized spacial score (nSPS) is 53.7. The summed E-state index contributed by atoms with van der Waals surface area (Å²) in [6.45, 7) is 12.3. The summed E-state index contributed by atoms with van der Waals surface area (Å²) in [6.07, 6.45) is 7.81. The van der Waals surface area contributed by atoms with Crippen LogP contribution in [0.2, 0.25) is 0 Å². The first-order valence-electron chi connectivity index (χ1n) is 9.97. The van der Waals surface area contributed by atoms with Gasteiger partial charge in [-0.25, -0.2) is 0 Å². The number of fused-ring (bicyclic) bond motifs is 5. The first-order valence-corrected chi connectivity index (χ1v) is 9.97. The Hall–Kier alpha value is -0.410. The molecule has 4 rings (SSSR count). The lowest BCUT2D eigenvalue weighted by Gasteiger charge is -2.65. The van der Waals surface area contributed by atoms with Gasteiger partial charge < -0.3 is 9.47 Å². The molecule has 0 spiro atoms. The van der Waals surface area contributed by atoms with E-state index in [4.69, 9.17) is 9.47 Å². The van der Waals surface area contributed by atoms with E-state index in [1.165, 1.54) is 12.8 Å². The van der Waals surface area contributed by atoms with Crippen LogP contribution in [0.1, 0.15) is 79.6 Å². The molecule has 1 saturated heterocycles. The van der Waals surface area contributed by atoms with Gasteiger partial charge in [-0.2, -0.15) is 0 Å². The molecule has 0 radical (unpaired) electrons. The molecule has 0 bridgehead atoms. The lowest BCUT2D eigenvalue weighted by molar-refractivity contribution is -0.260. The molecule has 0 amide bonds. The zero-order chi connectivity index (χ0) is 17.4. The van der Waals surface area contributed by atoms with Gasteiger partial charge in [0.25, 0.3) is 0 Å². The van der Waals surface area contributed by atoms with Crippen molar-refractivity contribution in [2.24, 2.45) is 28.1 Å². The van der Waals surface area contributed by atoms with Crippen LogP contribution in [-0.2, 0) is 14.3 Å². The molecule has 3 saturated carbocycles. The smallest absolute Gasteiger partial charge is 0.163 e. The molecule has 4 fully saturated rings. The number of hydrogen-bond donors (Lipinski definition) is 0. The van der Waals surface area contributed by atoms with Crippen LogP contribution in [0, 0.1) is 28.1 Å². The van der Waals surface area contributed by atoms with Gasteiger partial charge in [-0.1, -0.05) is 20.8 Å². The van der Waals surface area contributed by atoms with E-state index in [1.54, 1.807) is 0 Å².